The van der Waals surface area contributed by atoms with Crippen LogP contribution in [-0.4, -0.2) is 39.4 Å². The van der Waals surface area contributed by atoms with Crippen LogP contribution in [0, 0.1) is 0 Å². The largest absolute Gasteiger partial charge is 0.496 e. The molecule has 1 aromatic carbocycles. The summed E-state index contributed by atoms with van der Waals surface area (Å²) >= 11 is 3.40. The van der Waals surface area contributed by atoms with Gasteiger partial charge in [0.2, 0.25) is 0 Å². The molecule has 0 saturated carbocycles. The number of esters is 1. The van der Waals surface area contributed by atoms with Crippen molar-refractivity contribution in [3.8, 4) is 5.75 Å². The molecule has 0 aliphatic carbocycles. The van der Waals surface area contributed by atoms with Gasteiger partial charge in [0, 0.05) is 22.8 Å². The summed E-state index contributed by atoms with van der Waals surface area (Å²) in [5.74, 6) is 0.0319. The average Bonchev–Trinajstić information content (AvgIpc) is 2.54. The van der Waals surface area contributed by atoms with Gasteiger partial charge in [-0.05, 0) is 25.1 Å². The van der Waals surface area contributed by atoms with Crippen LogP contribution in [0.4, 0.5) is 4.79 Å². The molecule has 2 amide bonds. The van der Waals surface area contributed by atoms with Gasteiger partial charge < -0.3 is 24.8 Å². The van der Waals surface area contributed by atoms with Crippen LogP contribution in [0.25, 0.3) is 0 Å². The Morgan fingerprint density at radius 1 is 1.29 bits per heavy atom. The van der Waals surface area contributed by atoms with Crippen LogP contribution in [0.3, 0.4) is 0 Å². The van der Waals surface area contributed by atoms with Crippen LogP contribution in [0.1, 0.15) is 18.5 Å². The molecule has 1 atom stereocenters. The van der Waals surface area contributed by atoms with E-state index in [1.807, 2.05) is 6.07 Å². The lowest BCUT2D eigenvalue weighted by Gasteiger charge is -2.29. The normalized spacial score (nSPS) is 17.2. The summed E-state index contributed by atoms with van der Waals surface area (Å²) in [5, 5.41) is 5.34. The predicted molar refractivity (Wildman–Crippen MR) is 90.6 cm³/mol. The molecule has 0 aromatic heterocycles. The molecule has 2 rings (SSSR count). The number of rotatable bonds is 6. The molecule has 0 unspecified atom stereocenters. The third-order valence-electron chi connectivity index (χ3n) is 3.51. The number of amides is 2. The molecule has 7 nitrogen and oxygen atoms in total. The first-order valence-electron chi connectivity index (χ1n) is 7.25. The Morgan fingerprint density at radius 2 is 2.04 bits per heavy atom. The maximum Gasteiger partial charge on any atom is 0.338 e. The van der Waals surface area contributed by atoms with Gasteiger partial charge in [0.15, 0.2) is 0 Å². The van der Waals surface area contributed by atoms with Crippen molar-refractivity contribution in [3.63, 3.8) is 0 Å². The number of nitrogens with one attached hydrogen (secondary N) is 2. The van der Waals surface area contributed by atoms with Crippen molar-refractivity contribution in [2.45, 2.75) is 13.0 Å². The van der Waals surface area contributed by atoms with Crippen LogP contribution in [0.15, 0.2) is 33.9 Å². The van der Waals surface area contributed by atoms with E-state index in [2.05, 4.69) is 26.6 Å². The van der Waals surface area contributed by atoms with Crippen molar-refractivity contribution in [2.24, 2.45) is 0 Å². The van der Waals surface area contributed by atoms with Crippen LogP contribution < -0.4 is 15.4 Å². The van der Waals surface area contributed by atoms with Crippen molar-refractivity contribution >= 4 is 27.9 Å². The average molecular weight is 399 g/mol. The maximum absolute atomic E-state index is 12.5. The molecule has 1 aliphatic heterocycles. The molecule has 0 saturated heterocycles. The van der Waals surface area contributed by atoms with Gasteiger partial charge in [-0.25, -0.2) is 9.59 Å². The Balaban J connectivity index is 2.41. The van der Waals surface area contributed by atoms with E-state index < -0.39 is 18.0 Å². The number of halogens is 1. The Morgan fingerprint density at radius 3 is 2.71 bits per heavy atom. The molecular weight excluding hydrogens is 380 g/mol. The molecule has 1 aromatic rings. The minimum absolute atomic E-state index is 0.127. The van der Waals surface area contributed by atoms with Crippen LogP contribution in [0.2, 0.25) is 0 Å². The third-order valence-corrected chi connectivity index (χ3v) is 4.01. The van der Waals surface area contributed by atoms with Gasteiger partial charge in [0.1, 0.15) is 12.4 Å². The number of methoxy groups -OCH3 is 2. The number of carbonyl (C=O) groups excluding carboxylic acids is 2. The maximum atomic E-state index is 12.5. The first-order chi connectivity index (χ1) is 11.5. The molecular formula is C16H19BrN2O5. The summed E-state index contributed by atoms with van der Waals surface area (Å²) in [4.78, 5) is 24.4. The lowest BCUT2D eigenvalue weighted by molar-refractivity contribution is -0.140. The van der Waals surface area contributed by atoms with Gasteiger partial charge in [-0.15, -0.1) is 0 Å². The van der Waals surface area contributed by atoms with Crippen molar-refractivity contribution in [1.82, 2.24) is 10.6 Å². The second kappa shape index (κ2) is 8.16. The number of allylic oxidation sites excluding steroid dienone is 1. The summed E-state index contributed by atoms with van der Waals surface area (Å²) in [6, 6.07) is 4.30. The van der Waals surface area contributed by atoms with Crippen molar-refractivity contribution < 1.29 is 23.8 Å². The van der Waals surface area contributed by atoms with Crippen LogP contribution in [-0.2, 0) is 14.3 Å². The highest BCUT2D eigenvalue weighted by Gasteiger charge is 2.34. The highest BCUT2D eigenvalue weighted by atomic mass is 79.9. The summed E-state index contributed by atoms with van der Waals surface area (Å²) in [7, 11) is 3.05. The smallest absolute Gasteiger partial charge is 0.338 e. The fourth-order valence-corrected chi connectivity index (χ4v) is 2.80. The van der Waals surface area contributed by atoms with Crippen LogP contribution in [0.5, 0.6) is 5.75 Å². The predicted octanol–water partition coefficient (Wildman–Crippen LogP) is 2.28. The minimum Gasteiger partial charge on any atom is -0.496 e. The van der Waals surface area contributed by atoms with E-state index in [0.717, 1.165) is 4.47 Å². The van der Waals surface area contributed by atoms with Gasteiger partial charge in [-0.3, -0.25) is 0 Å². The third kappa shape index (κ3) is 4.07. The Labute approximate surface area is 148 Å². The summed E-state index contributed by atoms with van der Waals surface area (Å²) < 4.78 is 16.3. The topological polar surface area (TPSA) is 85.9 Å². The molecule has 1 heterocycles. The molecule has 8 heteroatoms. The van der Waals surface area contributed by atoms with E-state index >= 15 is 0 Å². The van der Waals surface area contributed by atoms with Gasteiger partial charge in [0.25, 0.3) is 0 Å². The SMILES string of the molecule is COCCOC(=O)C1=C(C)NC(=O)N[C@H]1c1cc(Br)ccc1OC. The number of ether oxygens (including phenoxy) is 3. The fraction of sp³-hybridized carbons (Fsp3) is 0.375. The molecule has 0 spiro atoms. The second-order valence-electron chi connectivity index (χ2n) is 5.09. The monoisotopic (exact) mass is 398 g/mol. The second-order valence-corrected chi connectivity index (χ2v) is 6.00. The van der Waals surface area contributed by atoms with E-state index in [-0.39, 0.29) is 6.61 Å². The molecule has 2 N–H and O–H groups in total. The zero-order chi connectivity index (χ0) is 17.7. The minimum atomic E-state index is -0.679. The lowest BCUT2D eigenvalue weighted by atomic mass is 9.95. The lowest BCUT2D eigenvalue weighted by Crippen LogP contribution is -2.45. The van der Waals surface area contributed by atoms with Crippen molar-refractivity contribution in [2.75, 3.05) is 27.4 Å². The van der Waals surface area contributed by atoms with Crippen molar-refractivity contribution in [3.05, 3.63) is 39.5 Å². The standard InChI is InChI=1S/C16H19BrN2O5/c1-9-13(15(20)24-7-6-22-2)14(19-16(21)18-9)11-8-10(17)4-5-12(11)23-3/h4-5,8,14H,6-7H2,1-3H3,(H2,18,19,21)/t14-/m0/s1. The number of hydrogen-bond donors (Lipinski definition) is 2. The summed E-state index contributed by atoms with van der Waals surface area (Å²) in [5.41, 5.74) is 1.41. The summed E-state index contributed by atoms with van der Waals surface area (Å²) in [6.45, 7) is 2.08. The number of hydrogen-bond acceptors (Lipinski definition) is 5. The highest BCUT2D eigenvalue weighted by molar-refractivity contribution is 9.10. The van der Waals surface area contributed by atoms with E-state index in [0.29, 0.717) is 29.2 Å². The van der Waals surface area contributed by atoms with Gasteiger partial charge in [0.05, 0.1) is 25.3 Å². The first kappa shape index (κ1) is 18.3. The van der Waals surface area contributed by atoms with Crippen LogP contribution >= 0.6 is 15.9 Å². The molecule has 130 valence electrons. The quantitative estimate of drug-likeness (QED) is 0.566. The van der Waals surface area contributed by atoms with E-state index in [1.54, 1.807) is 19.1 Å². The Kier molecular flexibility index (Phi) is 6.22. The number of benzene rings is 1. The molecule has 0 radical (unpaired) electrons. The summed E-state index contributed by atoms with van der Waals surface area (Å²) in [6.07, 6.45) is 0. The molecule has 1 aliphatic rings. The zero-order valence-corrected chi connectivity index (χ0v) is 15.2. The fourth-order valence-electron chi connectivity index (χ4n) is 2.42. The van der Waals surface area contributed by atoms with E-state index in [4.69, 9.17) is 14.2 Å². The Hall–Kier alpha value is -2.06. The zero-order valence-electron chi connectivity index (χ0n) is 13.6. The van der Waals surface area contributed by atoms with Crippen molar-refractivity contribution in [1.29, 1.82) is 0 Å². The van der Waals surface area contributed by atoms with E-state index in [1.165, 1.54) is 14.2 Å². The molecule has 24 heavy (non-hydrogen) atoms. The van der Waals surface area contributed by atoms with E-state index in [9.17, 15) is 9.59 Å². The highest BCUT2D eigenvalue weighted by Crippen LogP contribution is 2.35. The first-order valence-corrected chi connectivity index (χ1v) is 8.05. The van der Waals surface area contributed by atoms with Gasteiger partial charge in [-0.1, -0.05) is 15.9 Å². The molecule has 0 bridgehead atoms. The number of urea groups is 1. The Bertz CT molecular complexity index is 674. The van der Waals surface area contributed by atoms with Gasteiger partial charge >= 0.3 is 12.0 Å². The molecule has 0 fully saturated rings. The number of carbonyl (C=O) groups is 2. The van der Waals surface area contributed by atoms with Gasteiger partial charge in [-0.2, -0.15) is 0 Å².